The van der Waals surface area contributed by atoms with Crippen molar-refractivity contribution < 1.29 is 4.43 Å². The highest BCUT2D eigenvalue weighted by atomic mass is 28.4. The molecule has 0 atom stereocenters. The molecule has 0 bridgehead atoms. The summed E-state index contributed by atoms with van der Waals surface area (Å²) >= 11 is 0. The second-order valence-electron chi connectivity index (χ2n) is 7.39. The predicted molar refractivity (Wildman–Crippen MR) is 106 cm³/mol. The van der Waals surface area contributed by atoms with Crippen LogP contribution in [0.5, 0.6) is 5.75 Å². The molecule has 2 aromatic carbocycles. The van der Waals surface area contributed by atoms with Crippen molar-refractivity contribution in [2.24, 2.45) is 0 Å². The summed E-state index contributed by atoms with van der Waals surface area (Å²) in [5.74, 6) is 1.02. The Morgan fingerprint density at radius 1 is 0.826 bits per heavy atom. The Morgan fingerprint density at radius 3 is 1.87 bits per heavy atom. The van der Waals surface area contributed by atoms with Gasteiger partial charge in [0, 0.05) is 0 Å². The monoisotopic (exact) mass is 326 g/mol. The van der Waals surface area contributed by atoms with Crippen LogP contribution in [0.15, 0.2) is 43.0 Å². The molecule has 0 radical (unpaired) electrons. The minimum Gasteiger partial charge on any atom is -0.543 e. The molecule has 0 unspecified atom stereocenters. The first-order valence-electron chi connectivity index (χ1n) is 8.66. The van der Waals surface area contributed by atoms with Gasteiger partial charge < -0.3 is 4.43 Å². The molecular weight excluding hydrogens is 296 g/mol. The molecule has 23 heavy (non-hydrogen) atoms. The molecule has 0 amide bonds. The van der Waals surface area contributed by atoms with Crippen molar-refractivity contribution in [1.82, 2.24) is 0 Å². The van der Waals surface area contributed by atoms with E-state index in [-0.39, 0.29) is 0 Å². The largest absolute Gasteiger partial charge is 0.543 e. The van der Waals surface area contributed by atoms with Crippen molar-refractivity contribution >= 4 is 25.2 Å². The Labute approximate surface area is 142 Å². The summed E-state index contributed by atoms with van der Waals surface area (Å²) in [7, 11) is -1.89. The molecule has 1 nitrogen and oxygen atoms in total. The van der Waals surface area contributed by atoms with E-state index >= 15 is 0 Å². The highest BCUT2D eigenvalue weighted by molar-refractivity contribution is 6.78. The maximum Gasteiger partial charge on any atom is 0.258 e. The highest BCUT2D eigenvalue weighted by Crippen LogP contribution is 2.43. The lowest BCUT2D eigenvalue weighted by molar-refractivity contribution is 0.480. The molecule has 0 saturated carbocycles. The molecule has 2 heteroatoms. The van der Waals surface area contributed by atoms with Crippen LogP contribution in [-0.2, 0) is 0 Å². The van der Waals surface area contributed by atoms with Gasteiger partial charge in [-0.25, -0.2) is 0 Å². The smallest absolute Gasteiger partial charge is 0.258 e. The minimum absolute atomic E-state index is 0.585. The fraction of sp³-hybridized carbons (Fsp3) is 0.429. The quantitative estimate of drug-likeness (QED) is 0.517. The number of benzene rings is 2. The molecule has 0 spiro atoms. The molecule has 0 N–H and O–H groups in total. The van der Waals surface area contributed by atoms with E-state index in [1.165, 1.54) is 10.8 Å². The summed E-state index contributed by atoms with van der Waals surface area (Å²) in [5.41, 5.74) is 2.91. The molecule has 2 aromatic rings. The Kier molecular flexibility index (Phi) is 5.36. The van der Waals surface area contributed by atoms with Gasteiger partial charge in [0.05, 0.1) is 0 Å². The average molecular weight is 327 g/mol. The third-order valence-electron chi connectivity index (χ3n) is 5.07. The highest BCUT2D eigenvalue weighted by Gasteiger charge is 2.46. The van der Waals surface area contributed by atoms with Gasteiger partial charge in [-0.3, -0.25) is 0 Å². The van der Waals surface area contributed by atoms with Crippen LogP contribution in [0.4, 0.5) is 0 Å². The first-order valence-corrected chi connectivity index (χ1v) is 10.8. The molecule has 124 valence electrons. The standard InChI is InChI=1S/C21H30OSi/c1-8-18-9-10-20-14-21(12-11-19(20)13-18)22-23(15(2)3,16(4)5)17(6)7/h8-17H,1H2,2-7H3. The summed E-state index contributed by atoms with van der Waals surface area (Å²) in [6.45, 7) is 17.8. The summed E-state index contributed by atoms with van der Waals surface area (Å²) in [5, 5.41) is 2.47. The first-order chi connectivity index (χ1) is 10.8. The normalized spacial score (nSPS) is 12.4. The molecule has 0 aromatic heterocycles. The van der Waals surface area contributed by atoms with E-state index in [0.717, 1.165) is 11.3 Å². The fourth-order valence-corrected chi connectivity index (χ4v) is 9.23. The Hall–Kier alpha value is -1.54. The molecule has 0 fully saturated rings. The number of hydrogen-bond donors (Lipinski definition) is 0. The van der Waals surface area contributed by atoms with Gasteiger partial charge in [0.1, 0.15) is 5.75 Å². The van der Waals surface area contributed by atoms with Crippen LogP contribution in [0.25, 0.3) is 16.8 Å². The van der Waals surface area contributed by atoms with E-state index in [1.807, 2.05) is 6.08 Å². The zero-order valence-corrected chi connectivity index (χ0v) is 16.4. The predicted octanol–water partition coefficient (Wildman–Crippen LogP) is 7.04. The summed E-state index contributed by atoms with van der Waals surface area (Å²) in [4.78, 5) is 0. The van der Waals surface area contributed by atoms with Gasteiger partial charge in [0.15, 0.2) is 0 Å². The topological polar surface area (TPSA) is 9.23 Å². The lowest BCUT2D eigenvalue weighted by Crippen LogP contribution is -2.50. The molecular formula is C21H30OSi. The maximum absolute atomic E-state index is 6.77. The van der Waals surface area contributed by atoms with Gasteiger partial charge in [0.25, 0.3) is 8.32 Å². The number of rotatable bonds is 6. The van der Waals surface area contributed by atoms with Gasteiger partial charge in [-0.15, -0.1) is 0 Å². The maximum atomic E-state index is 6.77. The minimum atomic E-state index is -1.89. The summed E-state index contributed by atoms with van der Waals surface area (Å²) in [6, 6.07) is 12.9. The van der Waals surface area contributed by atoms with Gasteiger partial charge in [-0.1, -0.05) is 72.4 Å². The molecule has 0 heterocycles. The van der Waals surface area contributed by atoms with Crippen molar-refractivity contribution in [3.63, 3.8) is 0 Å². The summed E-state index contributed by atoms with van der Waals surface area (Å²) < 4.78 is 6.77. The van der Waals surface area contributed by atoms with E-state index in [0.29, 0.717) is 16.6 Å². The van der Waals surface area contributed by atoms with E-state index in [9.17, 15) is 0 Å². The SMILES string of the molecule is C=Cc1ccc2cc(O[Si](C(C)C)(C(C)C)C(C)C)ccc2c1. The van der Waals surface area contributed by atoms with E-state index in [4.69, 9.17) is 4.43 Å². The first kappa shape index (κ1) is 17.8. The van der Waals surface area contributed by atoms with E-state index in [1.54, 1.807) is 0 Å². The molecule has 2 rings (SSSR count). The van der Waals surface area contributed by atoms with Gasteiger partial charge in [-0.2, -0.15) is 0 Å². The zero-order chi connectivity index (χ0) is 17.2. The van der Waals surface area contributed by atoms with Crippen LogP contribution >= 0.6 is 0 Å². The van der Waals surface area contributed by atoms with Crippen molar-refractivity contribution in [1.29, 1.82) is 0 Å². The lowest BCUT2D eigenvalue weighted by Gasteiger charge is -2.42. The van der Waals surface area contributed by atoms with Gasteiger partial charge in [-0.05, 0) is 51.2 Å². The molecule has 0 aliphatic rings. The van der Waals surface area contributed by atoms with Crippen LogP contribution in [-0.4, -0.2) is 8.32 Å². The molecule has 0 aliphatic heterocycles. The number of hydrogen-bond acceptors (Lipinski definition) is 1. The average Bonchev–Trinajstić information content (AvgIpc) is 2.50. The van der Waals surface area contributed by atoms with Crippen LogP contribution in [0, 0.1) is 0 Å². The van der Waals surface area contributed by atoms with Crippen LogP contribution in [0.3, 0.4) is 0 Å². The van der Waals surface area contributed by atoms with Crippen LogP contribution in [0.2, 0.25) is 16.6 Å². The third-order valence-corrected chi connectivity index (χ3v) is 11.1. The van der Waals surface area contributed by atoms with Crippen molar-refractivity contribution in [3.8, 4) is 5.75 Å². The summed E-state index contributed by atoms with van der Waals surface area (Å²) in [6.07, 6.45) is 1.89. The van der Waals surface area contributed by atoms with Crippen molar-refractivity contribution in [2.75, 3.05) is 0 Å². The van der Waals surface area contributed by atoms with Gasteiger partial charge >= 0.3 is 0 Å². The van der Waals surface area contributed by atoms with Crippen molar-refractivity contribution in [3.05, 3.63) is 48.5 Å². The van der Waals surface area contributed by atoms with Crippen molar-refractivity contribution in [2.45, 2.75) is 58.2 Å². The number of fused-ring (bicyclic) bond motifs is 1. The van der Waals surface area contributed by atoms with E-state index < -0.39 is 8.32 Å². The van der Waals surface area contributed by atoms with Gasteiger partial charge in [0.2, 0.25) is 0 Å². The second-order valence-corrected chi connectivity index (χ2v) is 12.8. The Morgan fingerprint density at radius 2 is 1.35 bits per heavy atom. The second kappa shape index (κ2) is 6.92. The van der Waals surface area contributed by atoms with Crippen LogP contribution in [0.1, 0.15) is 47.1 Å². The lowest BCUT2D eigenvalue weighted by atomic mass is 10.1. The zero-order valence-electron chi connectivity index (χ0n) is 15.4. The molecule has 0 saturated heterocycles. The fourth-order valence-electron chi connectivity index (χ4n) is 3.99. The van der Waals surface area contributed by atoms with Crippen LogP contribution < -0.4 is 4.43 Å². The third kappa shape index (κ3) is 3.37. The Balaban J connectivity index is 2.44. The van der Waals surface area contributed by atoms with E-state index in [2.05, 4.69) is 84.5 Å². The molecule has 0 aliphatic carbocycles. The Bertz CT molecular complexity index is 664.